The van der Waals surface area contributed by atoms with Crippen LogP contribution in [0.3, 0.4) is 0 Å². The van der Waals surface area contributed by atoms with E-state index in [-0.39, 0.29) is 6.10 Å². The Morgan fingerprint density at radius 2 is 1.78 bits per heavy atom. The van der Waals surface area contributed by atoms with E-state index in [2.05, 4.69) is 47.2 Å². The molecule has 1 aliphatic carbocycles. The minimum atomic E-state index is 0.273. The van der Waals surface area contributed by atoms with Gasteiger partial charge in [-0.25, -0.2) is 4.98 Å². The summed E-state index contributed by atoms with van der Waals surface area (Å²) in [5.41, 5.74) is 7.18. The molecule has 7 rings (SSSR count). The minimum absolute atomic E-state index is 0.273. The molecule has 37 heavy (non-hydrogen) atoms. The van der Waals surface area contributed by atoms with E-state index in [1.807, 2.05) is 48.5 Å². The Labute approximate surface area is 213 Å². The highest BCUT2D eigenvalue weighted by atomic mass is 16.5. The summed E-state index contributed by atoms with van der Waals surface area (Å²) < 4.78 is 8.23. The third-order valence-corrected chi connectivity index (χ3v) is 7.08. The van der Waals surface area contributed by atoms with Gasteiger partial charge in [0.2, 0.25) is 0 Å². The zero-order chi connectivity index (χ0) is 24.8. The summed E-state index contributed by atoms with van der Waals surface area (Å²) in [5.74, 6) is 0.795. The summed E-state index contributed by atoms with van der Waals surface area (Å²) in [5, 5.41) is 9.76. The molecule has 6 heterocycles. The van der Waals surface area contributed by atoms with Crippen LogP contribution in [0.25, 0.3) is 50.1 Å². The van der Waals surface area contributed by atoms with Crippen molar-refractivity contribution in [2.24, 2.45) is 0 Å². The third-order valence-electron chi connectivity index (χ3n) is 7.08. The molecule has 0 amide bonds. The molecule has 0 aromatic carbocycles. The first-order chi connectivity index (χ1) is 18.2. The van der Waals surface area contributed by atoms with Crippen LogP contribution < -0.4 is 4.74 Å². The number of nitrogens with zero attached hydrogens (tertiary/aromatic N) is 6. The van der Waals surface area contributed by atoms with Crippen molar-refractivity contribution in [2.75, 3.05) is 0 Å². The third kappa shape index (κ3) is 4.02. The maximum Gasteiger partial charge on any atom is 0.138 e. The van der Waals surface area contributed by atoms with Crippen LogP contribution in [0.5, 0.6) is 5.75 Å². The predicted octanol–water partition coefficient (Wildman–Crippen LogP) is 5.77. The van der Waals surface area contributed by atoms with Crippen molar-refractivity contribution in [3.05, 3.63) is 67.4 Å². The fourth-order valence-electron chi connectivity index (χ4n) is 5.20. The predicted molar refractivity (Wildman–Crippen MR) is 142 cm³/mol. The number of rotatable bonds is 5. The maximum absolute atomic E-state index is 6.24. The Morgan fingerprint density at radius 3 is 2.65 bits per heavy atom. The van der Waals surface area contributed by atoms with Gasteiger partial charge in [-0.15, -0.1) is 0 Å². The zero-order valence-corrected chi connectivity index (χ0v) is 20.5. The van der Waals surface area contributed by atoms with Crippen molar-refractivity contribution in [1.29, 1.82) is 0 Å². The Morgan fingerprint density at radius 1 is 0.892 bits per heavy atom. The molecule has 0 radical (unpaired) electrons. The molecule has 0 unspecified atom stereocenters. The number of pyridine rings is 3. The SMILES string of the molecule is Cc1cn(-c2cncc3[nH]c(-c4n[nH]c5cnc(-c6cncc(OC7CCCCC7)c6)cc45)cc23)cn1. The van der Waals surface area contributed by atoms with Crippen LogP contribution in [-0.4, -0.2) is 45.8 Å². The van der Waals surface area contributed by atoms with E-state index in [0.717, 1.165) is 74.4 Å². The van der Waals surface area contributed by atoms with Gasteiger partial charge in [0, 0.05) is 28.7 Å². The number of imidazole rings is 1. The number of ether oxygens (including phenoxy) is 1. The first-order valence-corrected chi connectivity index (χ1v) is 12.7. The molecule has 9 heteroatoms. The van der Waals surface area contributed by atoms with Crippen molar-refractivity contribution in [3.63, 3.8) is 0 Å². The second-order valence-electron chi connectivity index (χ2n) is 9.70. The van der Waals surface area contributed by atoms with Crippen LogP contribution >= 0.6 is 0 Å². The maximum atomic E-state index is 6.24. The molecular weight excluding hydrogens is 464 g/mol. The highest BCUT2D eigenvalue weighted by molar-refractivity contribution is 5.98. The Bertz CT molecular complexity index is 1720. The average Bonchev–Trinajstić information content (AvgIpc) is 3.66. The lowest BCUT2D eigenvalue weighted by molar-refractivity contribution is 0.154. The molecule has 0 aliphatic heterocycles. The van der Waals surface area contributed by atoms with Gasteiger partial charge in [0.25, 0.3) is 0 Å². The average molecular weight is 491 g/mol. The summed E-state index contributed by atoms with van der Waals surface area (Å²) in [6, 6.07) is 6.20. The molecular formula is C28H26N8O. The zero-order valence-electron chi connectivity index (χ0n) is 20.5. The van der Waals surface area contributed by atoms with Crippen LogP contribution in [0, 0.1) is 6.92 Å². The highest BCUT2D eigenvalue weighted by Gasteiger charge is 2.17. The molecule has 1 saturated carbocycles. The number of hydrogen-bond donors (Lipinski definition) is 2. The number of fused-ring (bicyclic) bond motifs is 2. The van der Waals surface area contributed by atoms with Gasteiger partial charge in [0.1, 0.15) is 11.4 Å². The van der Waals surface area contributed by atoms with Crippen LogP contribution in [-0.2, 0) is 0 Å². The lowest BCUT2D eigenvalue weighted by Gasteiger charge is -2.22. The van der Waals surface area contributed by atoms with E-state index in [0.29, 0.717) is 0 Å². The Kier molecular flexibility index (Phi) is 5.20. The second kappa shape index (κ2) is 8.85. The number of hydrogen-bond acceptors (Lipinski definition) is 6. The summed E-state index contributed by atoms with van der Waals surface area (Å²) in [6.45, 7) is 1.97. The molecule has 6 aromatic rings. The van der Waals surface area contributed by atoms with E-state index < -0.39 is 0 Å². The fraction of sp³-hybridized carbons (Fsp3) is 0.250. The highest BCUT2D eigenvalue weighted by Crippen LogP contribution is 2.33. The molecule has 9 nitrogen and oxygen atoms in total. The first-order valence-electron chi connectivity index (χ1n) is 12.7. The van der Waals surface area contributed by atoms with Crippen molar-refractivity contribution < 1.29 is 4.74 Å². The monoisotopic (exact) mass is 490 g/mol. The van der Waals surface area contributed by atoms with Crippen LogP contribution in [0.2, 0.25) is 0 Å². The smallest absolute Gasteiger partial charge is 0.138 e. The van der Waals surface area contributed by atoms with Crippen LogP contribution in [0.15, 0.2) is 61.7 Å². The molecule has 0 atom stereocenters. The molecule has 2 N–H and O–H groups in total. The van der Waals surface area contributed by atoms with Crippen LogP contribution in [0.4, 0.5) is 0 Å². The summed E-state index contributed by atoms with van der Waals surface area (Å²) in [6.07, 6.45) is 19.2. The van der Waals surface area contributed by atoms with Gasteiger partial charge in [0.05, 0.1) is 71.0 Å². The normalized spacial score (nSPS) is 14.5. The molecule has 6 aromatic heterocycles. The van der Waals surface area contributed by atoms with Crippen molar-refractivity contribution in [1.82, 2.24) is 39.7 Å². The summed E-state index contributed by atoms with van der Waals surface area (Å²) in [4.78, 5) is 21.4. The molecule has 1 fully saturated rings. The van der Waals surface area contributed by atoms with Gasteiger partial charge in [-0.1, -0.05) is 6.42 Å². The Hall–Kier alpha value is -4.53. The van der Waals surface area contributed by atoms with Gasteiger partial charge < -0.3 is 14.3 Å². The number of aromatic amines is 2. The quantitative estimate of drug-likeness (QED) is 0.317. The van der Waals surface area contributed by atoms with E-state index >= 15 is 0 Å². The van der Waals surface area contributed by atoms with E-state index in [1.54, 1.807) is 12.5 Å². The van der Waals surface area contributed by atoms with E-state index in [9.17, 15) is 0 Å². The molecule has 184 valence electrons. The van der Waals surface area contributed by atoms with Gasteiger partial charge in [0.15, 0.2) is 0 Å². The number of aromatic nitrogens is 8. The largest absolute Gasteiger partial charge is 0.489 e. The van der Waals surface area contributed by atoms with Crippen molar-refractivity contribution in [2.45, 2.75) is 45.1 Å². The molecule has 0 spiro atoms. The topological polar surface area (TPSA) is 110 Å². The van der Waals surface area contributed by atoms with Gasteiger partial charge in [-0.05, 0) is 50.8 Å². The standard InChI is InChI=1S/C28H26N8O/c1-17-15-36(16-32-17)27-14-30-12-25-21(27)8-24(33-25)28-22-9-23(31-13-26(22)34-35-28)18-7-20(11-29-10-18)37-19-5-3-2-4-6-19/h7-16,19,33H,2-6H2,1H3,(H,34,35). The Balaban J connectivity index is 1.26. The number of nitrogens with one attached hydrogen (secondary N) is 2. The van der Waals surface area contributed by atoms with E-state index in [1.165, 1.54) is 19.3 Å². The van der Waals surface area contributed by atoms with Crippen LogP contribution in [0.1, 0.15) is 37.8 Å². The van der Waals surface area contributed by atoms with Gasteiger partial charge >= 0.3 is 0 Å². The number of aryl methyl sites for hydroxylation is 1. The first kappa shape index (κ1) is 21.7. The summed E-state index contributed by atoms with van der Waals surface area (Å²) >= 11 is 0. The minimum Gasteiger partial charge on any atom is -0.489 e. The van der Waals surface area contributed by atoms with Crippen molar-refractivity contribution in [3.8, 4) is 34.1 Å². The molecule has 0 bridgehead atoms. The van der Waals surface area contributed by atoms with E-state index in [4.69, 9.17) is 4.74 Å². The lowest BCUT2D eigenvalue weighted by atomic mass is 9.98. The molecule has 1 aliphatic rings. The fourth-order valence-corrected chi connectivity index (χ4v) is 5.20. The van der Waals surface area contributed by atoms with Crippen molar-refractivity contribution >= 4 is 21.8 Å². The van der Waals surface area contributed by atoms with Gasteiger partial charge in [-0.2, -0.15) is 5.10 Å². The number of H-pyrrole nitrogens is 2. The lowest BCUT2D eigenvalue weighted by Crippen LogP contribution is -2.19. The van der Waals surface area contributed by atoms with Gasteiger partial charge in [-0.3, -0.25) is 20.1 Å². The second-order valence-corrected chi connectivity index (χ2v) is 9.70. The molecule has 0 saturated heterocycles. The summed E-state index contributed by atoms with van der Waals surface area (Å²) in [7, 11) is 0.